The van der Waals surface area contributed by atoms with E-state index in [2.05, 4.69) is 15.6 Å². The van der Waals surface area contributed by atoms with Crippen molar-refractivity contribution in [3.63, 3.8) is 0 Å². The smallest absolute Gasteiger partial charge is 0.193 e. The summed E-state index contributed by atoms with van der Waals surface area (Å²) in [6.45, 7) is 2.50. The van der Waals surface area contributed by atoms with Crippen LogP contribution in [-0.2, 0) is 22.6 Å². The van der Waals surface area contributed by atoms with Crippen LogP contribution in [0.25, 0.3) is 0 Å². The van der Waals surface area contributed by atoms with Crippen LogP contribution in [-0.4, -0.2) is 33.3 Å². The number of hydrogen-bond donors (Lipinski definition) is 3. The maximum Gasteiger partial charge on any atom is 0.193 e. The van der Waals surface area contributed by atoms with Crippen molar-refractivity contribution < 1.29 is 9.47 Å². The number of ether oxygens (including phenoxy) is 2. The fourth-order valence-corrected chi connectivity index (χ4v) is 2.30. The Kier molecular flexibility index (Phi) is 7.75. The minimum atomic E-state index is 0.380. The first-order chi connectivity index (χ1) is 12.2. The zero-order valence-corrected chi connectivity index (χ0v) is 14.8. The normalized spacial score (nSPS) is 11.4. The first-order valence-electron chi connectivity index (χ1n) is 8.18. The average molecular weight is 342 g/mol. The molecule has 0 fully saturated rings. The van der Waals surface area contributed by atoms with Gasteiger partial charge in [-0.2, -0.15) is 0 Å². The number of nitrogens with two attached hydrogens (primary N) is 1. The number of hydrogen-bond acceptors (Lipinski definition) is 4. The Labute approximate surface area is 149 Å². The number of benzene rings is 2. The number of anilines is 2. The number of aliphatic imine (C=N–C) groups is 1. The molecular formula is C19H26N4O2. The number of nitrogens with zero attached hydrogens (tertiary/aromatic N) is 1. The lowest BCUT2D eigenvalue weighted by Gasteiger charge is -2.11. The summed E-state index contributed by atoms with van der Waals surface area (Å²) in [4.78, 5) is 4.40. The molecule has 134 valence electrons. The Morgan fingerprint density at radius 2 is 1.80 bits per heavy atom. The van der Waals surface area contributed by atoms with Crippen molar-refractivity contribution in [1.29, 1.82) is 0 Å². The van der Waals surface area contributed by atoms with Gasteiger partial charge in [-0.15, -0.1) is 0 Å². The van der Waals surface area contributed by atoms with Gasteiger partial charge in [0.15, 0.2) is 5.96 Å². The first-order valence-corrected chi connectivity index (χ1v) is 8.18. The molecule has 0 saturated heterocycles. The predicted octanol–water partition coefficient (Wildman–Crippen LogP) is 2.82. The summed E-state index contributed by atoms with van der Waals surface area (Å²) in [7, 11) is 3.36. The molecule has 0 heterocycles. The molecule has 0 amide bonds. The second kappa shape index (κ2) is 10.3. The number of guanidine groups is 1. The highest BCUT2D eigenvalue weighted by Crippen LogP contribution is 2.15. The lowest BCUT2D eigenvalue weighted by Crippen LogP contribution is -2.23. The number of para-hydroxylation sites is 1. The second-order valence-corrected chi connectivity index (χ2v) is 5.53. The van der Waals surface area contributed by atoms with Crippen molar-refractivity contribution in [3.8, 4) is 0 Å². The van der Waals surface area contributed by atoms with E-state index in [-0.39, 0.29) is 0 Å². The average Bonchev–Trinajstić information content (AvgIpc) is 2.63. The van der Waals surface area contributed by atoms with Crippen LogP contribution < -0.4 is 16.4 Å². The Bertz CT molecular complexity index is 671. The van der Waals surface area contributed by atoms with Gasteiger partial charge in [-0.3, -0.25) is 0 Å². The monoisotopic (exact) mass is 342 g/mol. The van der Waals surface area contributed by atoms with E-state index in [0.717, 1.165) is 29.0 Å². The van der Waals surface area contributed by atoms with Gasteiger partial charge in [-0.25, -0.2) is 4.99 Å². The lowest BCUT2D eigenvalue weighted by atomic mass is 10.2. The zero-order chi connectivity index (χ0) is 17.9. The third-order valence-corrected chi connectivity index (χ3v) is 3.60. The van der Waals surface area contributed by atoms with E-state index < -0.39 is 0 Å². The highest BCUT2D eigenvalue weighted by molar-refractivity contribution is 5.92. The molecule has 4 N–H and O–H groups in total. The van der Waals surface area contributed by atoms with E-state index in [1.54, 1.807) is 14.2 Å². The molecule has 0 aliphatic carbocycles. The maximum absolute atomic E-state index is 6.00. The molecule has 0 aliphatic heterocycles. The second-order valence-electron chi connectivity index (χ2n) is 5.53. The molecule has 6 heteroatoms. The molecule has 0 saturated carbocycles. The van der Waals surface area contributed by atoms with Crippen molar-refractivity contribution in [2.45, 2.75) is 13.2 Å². The minimum absolute atomic E-state index is 0.380. The third kappa shape index (κ3) is 6.45. The first kappa shape index (κ1) is 18.8. The largest absolute Gasteiger partial charge is 0.383 e. The van der Waals surface area contributed by atoms with E-state index >= 15 is 0 Å². The van der Waals surface area contributed by atoms with Gasteiger partial charge in [0, 0.05) is 37.7 Å². The van der Waals surface area contributed by atoms with Gasteiger partial charge in [-0.05, 0) is 23.8 Å². The summed E-state index contributed by atoms with van der Waals surface area (Å²) in [5, 5.41) is 6.41. The van der Waals surface area contributed by atoms with Gasteiger partial charge < -0.3 is 25.8 Å². The molecule has 0 unspecified atom stereocenters. The molecule has 6 nitrogen and oxygen atoms in total. The number of methoxy groups -OCH3 is 2. The maximum atomic E-state index is 6.00. The Balaban J connectivity index is 1.90. The van der Waals surface area contributed by atoms with Crippen LogP contribution in [0.2, 0.25) is 0 Å². The summed E-state index contributed by atoms with van der Waals surface area (Å²) in [6, 6.07) is 16.0. The van der Waals surface area contributed by atoms with E-state index in [1.807, 2.05) is 48.5 Å². The summed E-state index contributed by atoms with van der Waals surface area (Å²) in [5.74, 6) is 0.380. The standard InChI is InChI=1S/C19H26N4O2/c1-24-12-11-21-17-9-7-15(8-10-17)13-22-19(20)23-18-6-4-3-5-16(18)14-25-2/h3-10,21H,11-14H2,1-2H3,(H3,20,22,23). The summed E-state index contributed by atoms with van der Waals surface area (Å²) in [5.41, 5.74) is 10.1. The summed E-state index contributed by atoms with van der Waals surface area (Å²) >= 11 is 0. The highest BCUT2D eigenvalue weighted by atomic mass is 16.5. The SMILES string of the molecule is COCCNc1ccc(CN=C(N)Nc2ccccc2COC)cc1. The van der Waals surface area contributed by atoms with Gasteiger partial charge in [0.2, 0.25) is 0 Å². The number of rotatable bonds is 9. The van der Waals surface area contributed by atoms with Gasteiger partial charge in [0.05, 0.1) is 19.8 Å². The highest BCUT2D eigenvalue weighted by Gasteiger charge is 2.02. The molecule has 0 spiro atoms. The molecular weight excluding hydrogens is 316 g/mol. The molecule has 2 aromatic rings. The fraction of sp³-hybridized carbons (Fsp3) is 0.316. The van der Waals surface area contributed by atoms with E-state index in [9.17, 15) is 0 Å². The third-order valence-electron chi connectivity index (χ3n) is 3.60. The molecule has 0 aromatic heterocycles. The van der Waals surface area contributed by atoms with Crippen molar-refractivity contribution in [2.24, 2.45) is 10.7 Å². The van der Waals surface area contributed by atoms with E-state index in [1.165, 1.54) is 0 Å². The van der Waals surface area contributed by atoms with Gasteiger partial charge in [-0.1, -0.05) is 30.3 Å². The van der Waals surface area contributed by atoms with Crippen LogP contribution in [0.5, 0.6) is 0 Å². The molecule has 0 aliphatic rings. The molecule has 0 bridgehead atoms. The van der Waals surface area contributed by atoms with Gasteiger partial charge in [0.1, 0.15) is 0 Å². The minimum Gasteiger partial charge on any atom is -0.383 e. The van der Waals surface area contributed by atoms with Crippen LogP contribution in [0.15, 0.2) is 53.5 Å². The predicted molar refractivity (Wildman–Crippen MR) is 103 cm³/mol. The van der Waals surface area contributed by atoms with Crippen LogP contribution in [0.3, 0.4) is 0 Å². The van der Waals surface area contributed by atoms with Crippen molar-refractivity contribution >= 4 is 17.3 Å². The zero-order valence-electron chi connectivity index (χ0n) is 14.8. The topological polar surface area (TPSA) is 80.9 Å². The molecule has 2 rings (SSSR count). The van der Waals surface area contributed by atoms with Crippen LogP contribution in [0, 0.1) is 0 Å². The van der Waals surface area contributed by atoms with Gasteiger partial charge in [0.25, 0.3) is 0 Å². The van der Waals surface area contributed by atoms with Crippen LogP contribution in [0.1, 0.15) is 11.1 Å². The Hall–Kier alpha value is -2.57. The summed E-state index contributed by atoms with van der Waals surface area (Å²) in [6.07, 6.45) is 0. The quantitative estimate of drug-likeness (QED) is 0.371. The van der Waals surface area contributed by atoms with E-state index in [4.69, 9.17) is 15.2 Å². The van der Waals surface area contributed by atoms with Crippen LogP contribution in [0.4, 0.5) is 11.4 Å². The van der Waals surface area contributed by atoms with Crippen molar-refractivity contribution in [3.05, 3.63) is 59.7 Å². The van der Waals surface area contributed by atoms with Crippen LogP contribution >= 0.6 is 0 Å². The van der Waals surface area contributed by atoms with Crippen molar-refractivity contribution in [1.82, 2.24) is 0 Å². The Morgan fingerprint density at radius 1 is 1.04 bits per heavy atom. The molecule has 25 heavy (non-hydrogen) atoms. The number of nitrogens with one attached hydrogen (secondary N) is 2. The molecule has 0 radical (unpaired) electrons. The molecule has 2 aromatic carbocycles. The van der Waals surface area contributed by atoms with Gasteiger partial charge >= 0.3 is 0 Å². The Morgan fingerprint density at radius 3 is 2.52 bits per heavy atom. The summed E-state index contributed by atoms with van der Waals surface area (Å²) < 4.78 is 10.2. The van der Waals surface area contributed by atoms with E-state index in [0.29, 0.717) is 25.7 Å². The fourth-order valence-electron chi connectivity index (χ4n) is 2.30. The van der Waals surface area contributed by atoms with Crippen molar-refractivity contribution in [2.75, 3.05) is 38.0 Å². The lowest BCUT2D eigenvalue weighted by molar-refractivity contribution is 0.185. The molecule has 0 atom stereocenters.